The van der Waals surface area contributed by atoms with E-state index in [0.717, 1.165) is 23.3 Å². The molecule has 0 aromatic heterocycles. The lowest BCUT2D eigenvalue weighted by Gasteiger charge is -2.13. The Morgan fingerprint density at radius 3 is 2.65 bits per heavy atom. The smallest absolute Gasteiger partial charge is 0.228 e. The molecule has 3 saturated carbocycles. The summed E-state index contributed by atoms with van der Waals surface area (Å²) in [6.07, 6.45) is 4.09. The molecule has 106 valence electrons. The van der Waals surface area contributed by atoms with Crippen molar-refractivity contribution in [2.75, 3.05) is 11.9 Å². The first-order valence-electron chi connectivity index (χ1n) is 7.82. The SMILES string of the molecule is CCOc1ccccc1NC(=O)C1[C@@H]2[C@H]3CC[C@@H](C3)[C@H]12. The molecule has 1 amide bonds. The van der Waals surface area contributed by atoms with Gasteiger partial charge in [-0.1, -0.05) is 12.1 Å². The highest BCUT2D eigenvalue weighted by molar-refractivity contribution is 5.96. The maximum atomic E-state index is 12.5. The maximum Gasteiger partial charge on any atom is 0.228 e. The molecular formula is C17H21NO2. The molecule has 3 aliphatic rings. The Hall–Kier alpha value is -1.51. The van der Waals surface area contributed by atoms with Gasteiger partial charge in [0.05, 0.1) is 12.3 Å². The first-order valence-corrected chi connectivity index (χ1v) is 7.82. The summed E-state index contributed by atoms with van der Waals surface area (Å²) in [5.41, 5.74) is 0.816. The number of ether oxygens (including phenoxy) is 1. The summed E-state index contributed by atoms with van der Waals surface area (Å²) in [5.74, 6) is 4.31. The van der Waals surface area contributed by atoms with Crippen LogP contribution in [-0.2, 0) is 4.79 Å². The van der Waals surface area contributed by atoms with Crippen LogP contribution in [0.3, 0.4) is 0 Å². The number of hydrogen-bond acceptors (Lipinski definition) is 2. The number of carbonyl (C=O) groups excluding carboxylic acids is 1. The average Bonchev–Trinajstić information content (AvgIpc) is 2.90. The van der Waals surface area contributed by atoms with Gasteiger partial charge in [-0.3, -0.25) is 4.79 Å². The topological polar surface area (TPSA) is 38.3 Å². The number of benzene rings is 1. The lowest BCUT2D eigenvalue weighted by Crippen LogP contribution is -2.19. The monoisotopic (exact) mass is 271 g/mol. The van der Waals surface area contributed by atoms with Crippen molar-refractivity contribution >= 4 is 11.6 Å². The van der Waals surface area contributed by atoms with E-state index in [1.807, 2.05) is 31.2 Å². The van der Waals surface area contributed by atoms with Crippen molar-refractivity contribution in [1.29, 1.82) is 0 Å². The zero-order valence-corrected chi connectivity index (χ0v) is 11.8. The lowest BCUT2D eigenvalue weighted by molar-refractivity contribution is -0.118. The third kappa shape index (κ3) is 1.75. The molecule has 0 saturated heterocycles. The highest BCUT2D eigenvalue weighted by Gasteiger charge is 2.67. The van der Waals surface area contributed by atoms with Gasteiger partial charge in [0.1, 0.15) is 5.75 Å². The van der Waals surface area contributed by atoms with Gasteiger partial charge >= 0.3 is 0 Å². The minimum atomic E-state index is 0.212. The molecule has 3 nitrogen and oxygen atoms in total. The molecule has 1 aromatic rings. The van der Waals surface area contributed by atoms with Gasteiger partial charge in [0.2, 0.25) is 5.91 Å². The minimum Gasteiger partial charge on any atom is -0.492 e. The molecule has 5 atom stereocenters. The summed E-state index contributed by atoms with van der Waals surface area (Å²) in [6, 6.07) is 7.72. The van der Waals surface area contributed by atoms with E-state index in [2.05, 4.69) is 5.32 Å². The predicted octanol–water partition coefficient (Wildman–Crippen LogP) is 3.32. The summed E-state index contributed by atoms with van der Waals surface area (Å²) >= 11 is 0. The van der Waals surface area contributed by atoms with Crippen molar-refractivity contribution in [2.45, 2.75) is 26.2 Å². The van der Waals surface area contributed by atoms with E-state index >= 15 is 0 Å². The van der Waals surface area contributed by atoms with Gasteiger partial charge in [-0.2, -0.15) is 0 Å². The summed E-state index contributed by atoms with van der Waals surface area (Å²) in [6.45, 7) is 2.58. The Morgan fingerprint density at radius 1 is 1.25 bits per heavy atom. The van der Waals surface area contributed by atoms with Crippen LogP contribution in [0, 0.1) is 29.6 Å². The molecule has 4 rings (SSSR count). The Bertz CT molecular complexity index is 526. The van der Waals surface area contributed by atoms with Gasteiger partial charge in [0.25, 0.3) is 0 Å². The molecule has 20 heavy (non-hydrogen) atoms. The Morgan fingerprint density at radius 2 is 1.95 bits per heavy atom. The van der Waals surface area contributed by atoms with Crippen molar-refractivity contribution in [2.24, 2.45) is 29.6 Å². The number of anilines is 1. The van der Waals surface area contributed by atoms with Gasteiger partial charge < -0.3 is 10.1 Å². The van der Waals surface area contributed by atoms with Crippen LogP contribution < -0.4 is 10.1 Å². The van der Waals surface area contributed by atoms with Crippen LogP contribution in [0.15, 0.2) is 24.3 Å². The van der Waals surface area contributed by atoms with Crippen molar-refractivity contribution in [3.05, 3.63) is 24.3 Å². The van der Waals surface area contributed by atoms with Gasteiger partial charge in [0, 0.05) is 5.92 Å². The Balaban J connectivity index is 1.47. The van der Waals surface area contributed by atoms with Crippen LogP contribution in [0.4, 0.5) is 5.69 Å². The second-order valence-corrected chi connectivity index (χ2v) is 6.43. The highest BCUT2D eigenvalue weighted by Crippen LogP contribution is 2.69. The van der Waals surface area contributed by atoms with Crippen LogP contribution in [0.2, 0.25) is 0 Å². The fourth-order valence-corrected chi connectivity index (χ4v) is 4.74. The number of hydrogen-bond donors (Lipinski definition) is 1. The normalized spacial score (nSPS) is 36.5. The third-order valence-electron chi connectivity index (χ3n) is 5.48. The van der Waals surface area contributed by atoms with Gasteiger partial charge in [-0.05, 0) is 62.0 Å². The molecule has 1 N–H and O–H groups in total. The zero-order chi connectivity index (χ0) is 13.7. The number of fused-ring (bicyclic) bond motifs is 5. The van der Waals surface area contributed by atoms with Crippen LogP contribution >= 0.6 is 0 Å². The largest absolute Gasteiger partial charge is 0.492 e. The lowest BCUT2D eigenvalue weighted by atomic mass is 10.0. The van der Waals surface area contributed by atoms with E-state index < -0.39 is 0 Å². The van der Waals surface area contributed by atoms with E-state index in [4.69, 9.17) is 4.74 Å². The fourth-order valence-electron chi connectivity index (χ4n) is 4.74. The van der Waals surface area contributed by atoms with Crippen molar-refractivity contribution in [1.82, 2.24) is 0 Å². The summed E-state index contributed by atoms with van der Waals surface area (Å²) < 4.78 is 5.57. The van der Waals surface area contributed by atoms with Gasteiger partial charge in [-0.25, -0.2) is 0 Å². The Kier molecular flexibility index (Phi) is 2.76. The van der Waals surface area contributed by atoms with Crippen LogP contribution in [0.25, 0.3) is 0 Å². The molecule has 0 heterocycles. The number of carbonyl (C=O) groups is 1. The molecule has 1 unspecified atom stereocenters. The average molecular weight is 271 g/mol. The molecule has 2 bridgehead atoms. The number of rotatable bonds is 4. The quantitative estimate of drug-likeness (QED) is 0.912. The third-order valence-corrected chi connectivity index (χ3v) is 5.48. The second kappa shape index (κ2) is 4.51. The molecule has 0 spiro atoms. The molecule has 3 aliphatic carbocycles. The minimum absolute atomic E-state index is 0.212. The Labute approximate surface area is 119 Å². The van der Waals surface area contributed by atoms with E-state index in [-0.39, 0.29) is 11.8 Å². The van der Waals surface area contributed by atoms with Gasteiger partial charge in [-0.15, -0.1) is 0 Å². The maximum absolute atomic E-state index is 12.5. The molecule has 3 heteroatoms. The molecular weight excluding hydrogens is 250 g/mol. The number of nitrogens with one attached hydrogen (secondary N) is 1. The van der Waals surface area contributed by atoms with Crippen molar-refractivity contribution in [3.8, 4) is 5.75 Å². The standard InChI is InChI=1S/C17H21NO2/c1-2-20-13-6-4-3-5-12(13)18-17(19)16-14-10-7-8-11(9-10)15(14)16/h3-6,10-11,14-16H,2,7-9H2,1H3,(H,18,19)/t10-,11-,14-,15+,16?/m0/s1. The predicted molar refractivity (Wildman–Crippen MR) is 77.5 cm³/mol. The first-order chi connectivity index (χ1) is 9.79. The van der Waals surface area contributed by atoms with Crippen LogP contribution in [0.5, 0.6) is 5.75 Å². The van der Waals surface area contributed by atoms with E-state index in [0.29, 0.717) is 18.4 Å². The van der Waals surface area contributed by atoms with E-state index in [9.17, 15) is 4.79 Å². The molecule has 0 radical (unpaired) electrons. The van der Waals surface area contributed by atoms with E-state index in [1.165, 1.54) is 19.3 Å². The van der Waals surface area contributed by atoms with Crippen LogP contribution in [0.1, 0.15) is 26.2 Å². The highest BCUT2D eigenvalue weighted by atomic mass is 16.5. The fraction of sp³-hybridized carbons (Fsp3) is 0.588. The number of amides is 1. The van der Waals surface area contributed by atoms with Crippen molar-refractivity contribution in [3.63, 3.8) is 0 Å². The second-order valence-electron chi connectivity index (χ2n) is 6.43. The summed E-state index contributed by atoms with van der Waals surface area (Å²) in [4.78, 5) is 12.5. The van der Waals surface area contributed by atoms with E-state index in [1.54, 1.807) is 0 Å². The first kappa shape index (κ1) is 12.2. The van der Waals surface area contributed by atoms with Gasteiger partial charge in [0.15, 0.2) is 0 Å². The molecule has 0 aliphatic heterocycles. The molecule has 1 aromatic carbocycles. The summed E-state index contributed by atoms with van der Waals surface area (Å²) in [7, 11) is 0. The van der Waals surface area contributed by atoms with Crippen LogP contribution in [-0.4, -0.2) is 12.5 Å². The number of para-hydroxylation sites is 2. The summed E-state index contributed by atoms with van der Waals surface area (Å²) in [5, 5.41) is 3.09. The molecule has 3 fully saturated rings. The zero-order valence-electron chi connectivity index (χ0n) is 11.8. The van der Waals surface area contributed by atoms with Crippen molar-refractivity contribution < 1.29 is 9.53 Å².